The van der Waals surface area contributed by atoms with Crippen LogP contribution in [0.5, 0.6) is 0 Å². The Balaban J connectivity index is 1.92. The molecule has 1 aliphatic heterocycles. The van der Waals surface area contributed by atoms with Gasteiger partial charge in [-0.2, -0.15) is 26.3 Å². The average molecular weight is 506 g/mol. The number of nitrogens with one attached hydrogen (secondary N) is 1. The number of ether oxygens (including phenoxy) is 2. The number of aromatic amines is 1. The number of amides is 1. The smallest absolute Gasteiger partial charge is 0.419 e. The number of esters is 1. The Hall–Kier alpha value is -3.18. The lowest BCUT2D eigenvalue weighted by molar-refractivity contribution is -0.139. The Morgan fingerprint density at radius 2 is 1.63 bits per heavy atom. The predicted molar refractivity (Wildman–Crippen MR) is 111 cm³/mol. The summed E-state index contributed by atoms with van der Waals surface area (Å²) in [4.78, 5) is 28.6. The van der Waals surface area contributed by atoms with E-state index in [0.717, 1.165) is 29.2 Å². The van der Waals surface area contributed by atoms with Crippen molar-refractivity contribution >= 4 is 12.1 Å². The quantitative estimate of drug-likeness (QED) is 0.385. The molecule has 1 fully saturated rings. The van der Waals surface area contributed by atoms with Crippen molar-refractivity contribution in [1.82, 2.24) is 9.88 Å². The first-order valence-corrected chi connectivity index (χ1v) is 10.6. The molecule has 2 atom stereocenters. The largest absolute Gasteiger partial charge is 0.456 e. The lowest BCUT2D eigenvalue weighted by Crippen LogP contribution is -2.32. The number of benzene rings is 1. The number of hydrogen-bond donors (Lipinski definition) is 1. The number of nitrogens with zero attached hydrogens (tertiary/aromatic N) is 1. The molecule has 2 heterocycles. The van der Waals surface area contributed by atoms with Crippen LogP contribution in [0.25, 0.3) is 0 Å². The summed E-state index contributed by atoms with van der Waals surface area (Å²) in [6, 6.07) is 3.17. The first-order chi connectivity index (χ1) is 15.9. The van der Waals surface area contributed by atoms with Crippen LogP contribution < -0.4 is 0 Å². The maximum absolute atomic E-state index is 14.0. The summed E-state index contributed by atoms with van der Waals surface area (Å²) >= 11 is 0. The highest BCUT2D eigenvalue weighted by Gasteiger charge is 2.45. The van der Waals surface area contributed by atoms with Crippen molar-refractivity contribution in [2.45, 2.75) is 71.3 Å². The van der Waals surface area contributed by atoms with E-state index in [1.165, 1.54) is 34.6 Å². The van der Waals surface area contributed by atoms with Gasteiger partial charge in [-0.15, -0.1) is 0 Å². The van der Waals surface area contributed by atoms with Gasteiger partial charge in [0.15, 0.2) is 0 Å². The Kier molecular flexibility index (Phi) is 6.64. The number of hydrogen-bond acceptors (Lipinski definition) is 4. The van der Waals surface area contributed by atoms with Crippen molar-refractivity contribution in [3.8, 4) is 0 Å². The summed E-state index contributed by atoms with van der Waals surface area (Å²) in [5.41, 5.74) is -4.11. The summed E-state index contributed by atoms with van der Waals surface area (Å²) in [5, 5.41) is 0. The van der Waals surface area contributed by atoms with E-state index in [2.05, 4.69) is 4.98 Å². The minimum Gasteiger partial charge on any atom is -0.456 e. The van der Waals surface area contributed by atoms with Crippen LogP contribution in [0.1, 0.15) is 72.2 Å². The maximum atomic E-state index is 14.0. The Morgan fingerprint density at radius 1 is 1.06 bits per heavy atom. The molecule has 12 heteroatoms. The monoisotopic (exact) mass is 506 g/mol. The maximum Gasteiger partial charge on any atom is 0.419 e. The summed E-state index contributed by atoms with van der Waals surface area (Å²) < 4.78 is 90.9. The van der Waals surface area contributed by atoms with Crippen molar-refractivity contribution in [3.05, 3.63) is 57.9 Å². The molecular formula is C23H24F6N2O4. The average Bonchev–Trinajstić information content (AvgIpc) is 3.17. The molecule has 1 aliphatic rings. The zero-order chi connectivity index (χ0) is 26.5. The van der Waals surface area contributed by atoms with E-state index in [1.807, 2.05) is 0 Å². The molecule has 35 heavy (non-hydrogen) atoms. The number of cyclic esters (lactones) is 1. The zero-order valence-electron chi connectivity index (χ0n) is 19.5. The predicted octanol–water partition coefficient (Wildman–Crippen LogP) is 6.40. The SMILES string of the molecule is Cc1[nH]c(CN2C(=O)O[C@H](c3ccc(C(F)(F)F)cc3)[C@@H]2C)c(C(F)(F)F)c1C(=O)OC(C)(C)C. The molecule has 3 rings (SSSR count). The van der Waals surface area contributed by atoms with Gasteiger partial charge in [-0.1, -0.05) is 12.1 Å². The Morgan fingerprint density at radius 3 is 2.11 bits per heavy atom. The molecule has 1 amide bonds. The van der Waals surface area contributed by atoms with Crippen LogP contribution in [0.15, 0.2) is 24.3 Å². The van der Waals surface area contributed by atoms with E-state index in [9.17, 15) is 35.9 Å². The van der Waals surface area contributed by atoms with E-state index < -0.39 is 71.1 Å². The molecule has 192 valence electrons. The summed E-state index contributed by atoms with van der Waals surface area (Å²) in [6.45, 7) is 6.77. The van der Waals surface area contributed by atoms with Gasteiger partial charge in [-0.05, 0) is 52.3 Å². The third-order valence-electron chi connectivity index (χ3n) is 5.44. The van der Waals surface area contributed by atoms with Gasteiger partial charge in [-0.25, -0.2) is 9.59 Å². The molecule has 6 nitrogen and oxygen atoms in total. The molecule has 1 N–H and O–H groups in total. The number of carbonyl (C=O) groups is 2. The van der Waals surface area contributed by atoms with Gasteiger partial charge in [0.1, 0.15) is 11.7 Å². The second kappa shape index (κ2) is 8.80. The number of H-pyrrole nitrogens is 1. The molecule has 0 radical (unpaired) electrons. The second-order valence-corrected chi connectivity index (χ2v) is 9.27. The van der Waals surface area contributed by atoms with Gasteiger partial charge in [0.05, 0.1) is 29.3 Å². The molecule has 1 aromatic heterocycles. The fourth-order valence-corrected chi connectivity index (χ4v) is 3.90. The second-order valence-electron chi connectivity index (χ2n) is 9.27. The fourth-order valence-electron chi connectivity index (χ4n) is 3.90. The minimum atomic E-state index is -4.94. The lowest BCUT2D eigenvalue weighted by Gasteiger charge is -2.22. The van der Waals surface area contributed by atoms with E-state index >= 15 is 0 Å². The van der Waals surface area contributed by atoms with Crippen molar-refractivity contribution in [2.75, 3.05) is 0 Å². The third-order valence-corrected chi connectivity index (χ3v) is 5.44. The van der Waals surface area contributed by atoms with E-state index in [0.29, 0.717) is 0 Å². The van der Waals surface area contributed by atoms with Crippen LogP contribution in [-0.4, -0.2) is 33.6 Å². The van der Waals surface area contributed by atoms with E-state index in [4.69, 9.17) is 9.47 Å². The fraction of sp³-hybridized carbons (Fsp3) is 0.478. The minimum absolute atomic E-state index is 0.0823. The zero-order valence-corrected chi connectivity index (χ0v) is 19.5. The van der Waals surface area contributed by atoms with E-state index in [-0.39, 0.29) is 11.3 Å². The first kappa shape index (κ1) is 26.4. The third kappa shape index (κ3) is 5.57. The molecule has 0 bridgehead atoms. The Bertz CT molecular complexity index is 1110. The standard InChI is InChI=1S/C23H24F6N2O4/c1-11-16(19(32)35-21(3,4)5)17(23(27,28)29)15(30-11)10-31-12(2)18(34-20(31)33)13-6-8-14(9-7-13)22(24,25)26/h6-9,12,18,30H,10H2,1-5H3/t12-,18-/m0/s1. The number of aromatic nitrogens is 1. The molecular weight excluding hydrogens is 482 g/mol. The van der Waals surface area contributed by atoms with Crippen LogP contribution in [0.2, 0.25) is 0 Å². The molecule has 0 unspecified atom stereocenters. The van der Waals surface area contributed by atoms with Gasteiger partial charge in [0.2, 0.25) is 0 Å². The van der Waals surface area contributed by atoms with Crippen LogP contribution in [0, 0.1) is 6.92 Å². The molecule has 1 aromatic carbocycles. The van der Waals surface area contributed by atoms with Gasteiger partial charge in [0.25, 0.3) is 0 Å². The molecule has 0 spiro atoms. The summed E-state index contributed by atoms with van der Waals surface area (Å²) in [6.07, 6.45) is -11.4. The molecule has 0 aliphatic carbocycles. The molecule has 2 aromatic rings. The van der Waals surface area contributed by atoms with Gasteiger partial charge in [-0.3, -0.25) is 4.90 Å². The van der Waals surface area contributed by atoms with E-state index in [1.54, 1.807) is 0 Å². The number of aryl methyl sites for hydroxylation is 1. The molecule has 0 saturated carbocycles. The van der Waals surface area contributed by atoms with Crippen LogP contribution in [0.3, 0.4) is 0 Å². The van der Waals surface area contributed by atoms with Crippen LogP contribution in [0.4, 0.5) is 31.1 Å². The Labute approximate surface area is 197 Å². The van der Waals surface area contributed by atoms with Crippen molar-refractivity contribution in [1.29, 1.82) is 0 Å². The lowest BCUT2D eigenvalue weighted by atomic mass is 10.0. The topological polar surface area (TPSA) is 71.6 Å². The summed E-state index contributed by atoms with van der Waals surface area (Å²) in [5.74, 6) is -1.16. The van der Waals surface area contributed by atoms with Crippen molar-refractivity contribution in [2.24, 2.45) is 0 Å². The van der Waals surface area contributed by atoms with Gasteiger partial charge in [0, 0.05) is 11.4 Å². The molecule has 1 saturated heterocycles. The van der Waals surface area contributed by atoms with Crippen LogP contribution >= 0.6 is 0 Å². The van der Waals surface area contributed by atoms with Gasteiger partial charge >= 0.3 is 24.4 Å². The van der Waals surface area contributed by atoms with Crippen LogP contribution in [-0.2, 0) is 28.4 Å². The summed E-state index contributed by atoms with van der Waals surface area (Å²) in [7, 11) is 0. The highest BCUT2D eigenvalue weighted by Crippen LogP contribution is 2.40. The first-order valence-electron chi connectivity index (χ1n) is 10.6. The number of rotatable bonds is 4. The van der Waals surface area contributed by atoms with Gasteiger partial charge < -0.3 is 14.5 Å². The number of halogens is 6. The van der Waals surface area contributed by atoms with Crippen molar-refractivity contribution < 1.29 is 45.4 Å². The normalized spacial score (nSPS) is 19.2. The highest BCUT2D eigenvalue weighted by atomic mass is 19.4. The highest BCUT2D eigenvalue weighted by molar-refractivity contribution is 5.93. The number of alkyl halides is 6. The van der Waals surface area contributed by atoms with Crippen molar-refractivity contribution in [3.63, 3.8) is 0 Å². The number of carbonyl (C=O) groups excluding carboxylic acids is 2.